The molecule has 0 fully saturated rings. The molecule has 0 saturated carbocycles. The van der Waals surface area contributed by atoms with Crippen LogP contribution in [-0.4, -0.2) is 12.6 Å². The fourth-order valence-corrected chi connectivity index (χ4v) is 4.37. The molecule has 1 aliphatic heterocycles. The van der Waals surface area contributed by atoms with E-state index in [9.17, 15) is 22.4 Å². The van der Waals surface area contributed by atoms with Crippen LogP contribution in [0.1, 0.15) is 37.5 Å². The second kappa shape index (κ2) is 12.4. The Hall–Kier alpha value is -4.07. The minimum absolute atomic E-state index is 0.180. The molecule has 38 heavy (non-hydrogen) atoms. The number of rotatable bonds is 6. The molecule has 2 amide bonds. The minimum atomic E-state index is -4.56. The van der Waals surface area contributed by atoms with Crippen LogP contribution in [0.4, 0.5) is 28.0 Å². The van der Waals surface area contributed by atoms with Gasteiger partial charge in [0.05, 0.1) is 5.56 Å². The third-order valence-electron chi connectivity index (χ3n) is 6.01. The Kier molecular flexibility index (Phi) is 9.34. The number of amides is 2. The summed E-state index contributed by atoms with van der Waals surface area (Å²) in [6.07, 6.45) is -0.608. The Bertz CT molecular complexity index is 1280. The molecule has 0 spiro atoms. The standard InChI is InChI=1S/C28H25F4N3O.C2H6/c1-19-7-6-16-33-25(19)27(18-20-8-3-2-4-9-20,21-10-5-11-22(17-21)28(30,31)32)35-26(36)34-24-14-12-23(29)13-15-24;1-2/h2-15,17,33H,16,18H2,1H3,(H2,34,35,36);1-2H3. The van der Waals surface area contributed by atoms with Crippen molar-refractivity contribution < 1.29 is 22.4 Å². The van der Waals surface area contributed by atoms with Crippen LogP contribution in [0.25, 0.3) is 0 Å². The predicted octanol–water partition coefficient (Wildman–Crippen LogP) is 7.56. The fraction of sp³-hybridized carbons (Fsp3) is 0.233. The van der Waals surface area contributed by atoms with E-state index in [1.54, 1.807) is 6.07 Å². The highest BCUT2D eigenvalue weighted by molar-refractivity contribution is 5.90. The summed E-state index contributed by atoms with van der Waals surface area (Å²) in [5.74, 6) is -0.456. The zero-order valence-corrected chi connectivity index (χ0v) is 21.5. The second-order valence-corrected chi connectivity index (χ2v) is 8.57. The number of halogens is 4. The fourth-order valence-electron chi connectivity index (χ4n) is 4.37. The van der Waals surface area contributed by atoms with Crippen LogP contribution in [-0.2, 0) is 18.1 Å². The number of allylic oxidation sites excluding steroid dienone is 2. The lowest BCUT2D eigenvalue weighted by Crippen LogP contribution is -2.54. The van der Waals surface area contributed by atoms with Crippen LogP contribution < -0.4 is 16.0 Å². The average molecular weight is 526 g/mol. The monoisotopic (exact) mass is 525 g/mol. The van der Waals surface area contributed by atoms with Gasteiger partial charge in [-0.2, -0.15) is 13.2 Å². The topological polar surface area (TPSA) is 53.2 Å². The highest BCUT2D eigenvalue weighted by Crippen LogP contribution is 2.38. The molecule has 0 aliphatic carbocycles. The van der Waals surface area contributed by atoms with E-state index in [4.69, 9.17) is 0 Å². The quantitative estimate of drug-likeness (QED) is 0.291. The van der Waals surface area contributed by atoms with Gasteiger partial charge in [0, 0.05) is 24.4 Å². The summed E-state index contributed by atoms with van der Waals surface area (Å²) >= 11 is 0. The highest BCUT2D eigenvalue weighted by atomic mass is 19.4. The summed E-state index contributed by atoms with van der Waals surface area (Å²) in [4.78, 5) is 13.3. The first-order chi connectivity index (χ1) is 18.2. The van der Waals surface area contributed by atoms with E-state index in [2.05, 4.69) is 16.0 Å². The molecule has 4 rings (SSSR count). The van der Waals surface area contributed by atoms with Crippen LogP contribution in [0.15, 0.2) is 102 Å². The number of hydrogen-bond acceptors (Lipinski definition) is 2. The lowest BCUT2D eigenvalue weighted by Gasteiger charge is -2.40. The Morgan fingerprint density at radius 1 is 0.921 bits per heavy atom. The van der Waals surface area contributed by atoms with Gasteiger partial charge < -0.3 is 16.0 Å². The average Bonchev–Trinajstić information content (AvgIpc) is 2.91. The number of alkyl halides is 3. The van der Waals surface area contributed by atoms with Crippen molar-refractivity contribution in [2.24, 2.45) is 0 Å². The van der Waals surface area contributed by atoms with E-state index < -0.39 is 29.1 Å². The molecule has 3 aromatic rings. The molecule has 3 N–H and O–H groups in total. The third-order valence-corrected chi connectivity index (χ3v) is 6.01. The number of carbonyl (C=O) groups is 1. The van der Waals surface area contributed by atoms with E-state index >= 15 is 0 Å². The molecule has 3 aromatic carbocycles. The number of carbonyl (C=O) groups excluding carboxylic acids is 1. The highest BCUT2D eigenvalue weighted by Gasteiger charge is 2.41. The normalized spacial score (nSPS) is 14.5. The molecule has 0 radical (unpaired) electrons. The van der Waals surface area contributed by atoms with Gasteiger partial charge in [-0.3, -0.25) is 0 Å². The van der Waals surface area contributed by atoms with Crippen LogP contribution in [0.2, 0.25) is 0 Å². The van der Waals surface area contributed by atoms with E-state index in [1.807, 2.05) is 63.3 Å². The Morgan fingerprint density at radius 3 is 2.21 bits per heavy atom. The number of nitrogens with one attached hydrogen (secondary N) is 3. The summed E-state index contributed by atoms with van der Waals surface area (Å²) in [6.45, 7) is 6.29. The molecule has 4 nitrogen and oxygen atoms in total. The van der Waals surface area contributed by atoms with E-state index in [0.717, 1.165) is 23.3 Å². The zero-order chi connectivity index (χ0) is 27.8. The van der Waals surface area contributed by atoms with Crippen molar-refractivity contribution in [2.45, 2.75) is 38.9 Å². The maximum atomic E-state index is 13.7. The minimum Gasteiger partial charge on any atom is -0.382 e. The predicted molar refractivity (Wildman–Crippen MR) is 143 cm³/mol. The molecule has 1 heterocycles. The summed E-state index contributed by atoms with van der Waals surface area (Å²) < 4.78 is 54.5. The number of dihydropyridines is 1. The Morgan fingerprint density at radius 2 is 1.58 bits per heavy atom. The molecule has 8 heteroatoms. The Balaban J connectivity index is 0.00000195. The second-order valence-electron chi connectivity index (χ2n) is 8.57. The van der Waals surface area contributed by atoms with Crippen LogP contribution >= 0.6 is 0 Å². The van der Waals surface area contributed by atoms with Gasteiger partial charge in [0.25, 0.3) is 0 Å². The van der Waals surface area contributed by atoms with Gasteiger partial charge in [0.1, 0.15) is 11.4 Å². The summed E-state index contributed by atoms with van der Waals surface area (Å²) in [6, 6.07) is 18.8. The van der Waals surface area contributed by atoms with E-state index in [-0.39, 0.29) is 12.0 Å². The van der Waals surface area contributed by atoms with E-state index in [0.29, 0.717) is 17.9 Å². The smallest absolute Gasteiger partial charge is 0.382 e. The van der Waals surface area contributed by atoms with Crippen LogP contribution in [0, 0.1) is 5.82 Å². The van der Waals surface area contributed by atoms with Crippen LogP contribution in [0.5, 0.6) is 0 Å². The molecule has 1 aliphatic rings. The van der Waals surface area contributed by atoms with Gasteiger partial charge in [0.15, 0.2) is 0 Å². The SMILES string of the molecule is CC.CC1=C(C(Cc2ccccc2)(NC(=O)Nc2ccc(F)cc2)c2cccc(C(F)(F)F)c2)NCC=C1. The first kappa shape index (κ1) is 28.5. The lowest BCUT2D eigenvalue weighted by molar-refractivity contribution is -0.137. The molecule has 1 unspecified atom stereocenters. The maximum absolute atomic E-state index is 13.7. The summed E-state index contributed by atoms with van der Waals surface area (Å²) in [5.41, 5.74) is 0.596. The largest absolute Gasteiger partial charge is 0.416 e. The molecule has 1 atom stereocenters. The van der Waals surface area contributed by atoms with Gasteiger partial charge in [-0.05, 0) is 60.0 Å². The number of hydrogen-bond donors (Lipinski definition) is 3. The first-order valence-corrected chi connectivity index (χ1v) is 12.4. The zero-order valence-electron chi connectivity index (χ0n) is 21.5. The van der Waals surface area contributed by atoms with Crippen molar-refractivity contribution in [1.29, 1.82) is 0 Å². The maximum Gasteiger partial charge on any atom is 0.416 e. The van der Waals surface area contributed by atoms with Gasteiger partial charge in [-0.15, -0.1) is 0 Å². The molecular formula is C30H31F4N3O. The van der Waals surface area contributed by atoms with Crippen LogP contribution in [0.3, 0.4) is 0 Å². The summed E-state index contributed by atoms with van der Waals surface area (Å²) in [5, 5.41) is 8.93. The van der Waals surface area contributed by atoms with Gasteiger partial charge in [-0.25, -0.2) is 9.18 Å². The molecule has 0 bridgehead atoms. The third kappa shape index (κ3) is 6.82. The lowest BCUT2D eigenvalue weighted by atomic mass is 9.78. The van der Waals surface area contributed by atoms with Gasteiger partial charge >= 0.3 is 12.2 Å². The number of anilines is 1. The molecule has 200 valence electrons. The van der Waals surface area contributed by atoms with Crippen molar-refractivity contribution in [3.63, 3.8) is 0 Å². The van der Waals surface area contributed by atoms with Crippen molar-refractivity contribution in [3.8, 4) is 0 Å². The molecule has 0 saturated heterocycles. The van der Waals surface area contributed by atoms with E-state index in [1.165, 1.54) is 30.3 Å². The van der Waals surface area contributed by atoms with Gasteiger partial charge in [0.2, 0.25) is 0 Å². The van der Waals surface area contributed by atoms with Gasteiger partial charge in [-0.1, -0.05) is 68.5 Å². The molecular weight excluding hydrogens is 494 g/mol. The van der Waals surface area contributed by atoms with Crippen molar-refractivity contribution >= 4 is 11.7 Å². The van der Waals surface area contributed by atoms with Crippen molar-refractivity contribution in [2.75, 3.05) is 11.9 Å². The summed E-state index contributed by atoms with van der Waals surface area (Å²) in [7, 11) is 0. The number of urea groups is 1. The first-order valence-electron chi connectivity index (χ1n) is 12.4. The van der Waals surface area contributed by atoms with Crippen molar-refractivity contribution in [3.05, 3.63) is 125 Å². The number of benzene rings is 3. The van der Waals surface area contributed by atoms with Crippen molar-refractivity contribution in [1.82, 2.24) is 10.6 Å². The molecule has 0 aromatic heterocycles. The Labute approximate surface area is 220 Å².